The molecular weight excluding hydrogens is 392 g/mol. The third-order valence-electron chi connectivity index (χ3n) is 4.32. The Balaban J connectivity index is 1.94. The van der Waals surface area contributed by atoms with Gasteiger partial charge in [0.05, 0.1) is 10.5 Å². The normalized spacial score (nSPS) is 11.1. The monoisotopic (exact) mass is 418 g/mol. The molecule has 2 aromatic rings. The third-order valence-corrected chi connectivity index (χ3v) is 5.86. The maximum atomic E-state index is 12.3. The highest BCUT2D eigenvalue weighted by Gasteiger charge is 2.17. The van der Waals surface area contributed by atoms with Crippen LogP contribution in [0.1, 0.15) is 35.3 Å². The summed E-state index contributed by atoms with van der Waals surface area (Å²) in [5, 5.41) is 0. The van der Waals surface area contributed by atoms with E-state index in [9.17, 15) is 18.0 Å². The summed E-state index contributed by atoms with van der Waals surface area (Å²) in [5.74, 6) is -1.11. The highest BCUT2D eigenvalue weighted by molar-refractivity contribution is 7.89. The van der Waals surface area contributed by atoms with Gasteiger partial charge < -0.3 is 9.64 Å². The molecule has 0 aliphatic rings. The zero-order chi connectivity index (χ0) is 21.4. The predicted octanol–water partition coefficient (Wildman–Crippen LogP) is 2.36. The molecule has 156 valence electrons. The molecule has 0 saturated carbocycles. The van der Waals surface area contributed by atoms with Gasteiger partial charge in [-0.15, -0.1) is 0 Å². The first-order chi connectivity index (χ1) is 13.8. The van der Waals surface area contributed by atoms with E-state index < -0.39 is 22.6 Å². The van der Waals surface area contributed by atoms with Crippen LogP contribution in [-0.2, 0) is 32.5 Å². The average molecular weight is 419 g/mol. The zero-order valence-electron chi connectivity index (χ0n) is 16.8. The van der Waals surface area contributed by atoms with E-state index in [1.807, 2.05) is 24.3 Å². The van der Waals surface area contributed by atoms with Gasteiger partial charge in [0.15, 0.2) is 6.61 Å². The summed E-state index contributed by atoms with van der Waals surface area (Å²) in [6.45, 7) is 3.95. The van der Waals surface area contributed by atoms with Gasteiger partial charge in [-0.25, -0.2) is 17.9 Å². The molecule has 0 aliphatic heterocycles. The number of carbonyl (C=O) groups excluding carboxylic acids is 2. The van der Waals surface area contributed by atoms with Crippen LogP contribution in [0.5, 0.6) is 0 Å². The van der Waals surface area contributed by atoms with Gasteiger partial charge >= 0.3 is 5.97 Å². The Morgan fingerprint density at radius 1 is 1.03 bits per heavy atom. The molecule has 0 aromatic heterocycles. The molecule has 0 spiro atoms. The van der Waals surface area contributed by atoms with E-state index in [1.54, 1.807) is 14.0 Å². The quantitative estimate of drug-likeness (QED) is 0.631. The second-order valence-corrected chi connectivity index (χ2v) is 8.29. The van der Waals surface area contributed by atoms with Crippen LogP contribution in [0.3, 0.4) is 0 Å². The molecule has 1 N–H and O–H groups in total. The second kappa shape index (κ2) is 10.2. The van der Waals surface area contributed by atoms with Gasteiger partial charge in [0, 0.05) is 20.1 Å². The highest BCUT2D eigenvalue weighted by Crippen LogP contribution is 2.13. The van der Waals surface area contributed by atoms with Crippen LogP contribution in [0.15, 0.2) is 53.4 Å². The van der Waals surface area contributed by atoms with Crippen LogP contribution >= 0.6 is 0 Å². The number of likely N-dealkylation sites (N-methyl/N-ethyl adjacent to an activating group) is 1. The van der Waals surface area contributed by atoms with Gasteiger partial charge in [0.2, 0.25) is 10.0 Å². The van der Waals surface area contributed by atoms with Crippen LogP contribution in [0.25, 0.3) is 0 Å². The van der Waals surface area contributed by atoms with Crippen molar-refractivity contribution in [2.45, 2.75) is 31.7 Å². The SMILES string of the molecule is CCNS(=O)(=O)c1cccc(C(=O)OCC(=O)N(C)Cc2ccc(CC)cc2)c1. The van der Waals surface area contributed by atoms with E-state index in [0.717, 1.165) is 12.0 Å². The lowest BCUT2D eigenvalue weighted by Crippen LogP contribution is -2.30. The summed E-state index contributed by atoms with van der Waals surface area (Å²) in [4.78, 5) is 25.9. The predicted molar refractivity (Wildman–Crippen MR) is 110 cm³/mol. The van der Waals surface area contributed by atoms with Crippen LogP contribution in [0.4, 0.5) is 0 Å². The van der Waals surface area contributed by atoms with Crippen molar-refractivity contribution < 1.29 is 22.7 Å². The van der Waals surface area contributed by atoms with Gasteiger partial charge in [-0.1, -0.05) is 44.2 Å². The largest absolute Gasteiger partial charge is 0.452 e. The molecule has 0 fully saturated rings. The fourth-order valence-electron chi connectivity index (χ4n) is 2.63. The molecule has 8 heteroatoms. The Kier molecular flexibility index (Phi) is 7.92. The lowest BCUT2D eigenvalue weighted by Gasteiger charge is -2.17. The molecule has 0 atom stereocenters. The van der Waals surface area contributed by atoms with Gasteiger partial charge in [0.25, 0.3) is 5.91 Å². The van der Waals surface area contributed by atoms with Crippen molar-refractivity contribution in [2.75, 3.05) is 20.2 Å². The molecule has 0 aliphatic carbocycles. The topological polar surface area (TPSA) is 92.8 Å². The van der Waals surface area contributed by atoms with Crippen molar-refractivity contribution in [1.29, 1.82) is 0 Å². The Morgan fingerprint density at radius 2 is 1.69 bits per heavy atom. The van der Waals surface area contributed by atoms with E-state index in [2.05, 4.69) is 11.6 Å². The fourth-order valence-corrected chi connectivity index (χ4v) is 3.71. The van der Waals surface area contributed by atoms with E-state index in [-0.39, 0.29) is 22.9 Å². The van der Waals surface area contributed by atoms with E-state index >= 15 is 0 Å². The Bertz CT molecular complexity index is 955. The molecule has 29 heavy (non-hydrogen) atoms. The molecule has 0 bridgehead atoms. The summed E-state index contributed by atoms with van der Waals surface area (Å²) in [6.07, 6.45) is 0.946. The molecule has 0 radical (unpaired) electrons. The second-order valence-electron chi connectivity index (χ2n) is 6.53. The first kappa shape index (κ1) is 22.6. The molecule has 0 saturated heterocycles. The van der Waals surface area contributed by atoms with Gasteiger partial charge in [-0.3, -0.25) is 4.79 Å². The van der Waals surface area contributed by atoms with Crippen LogP contribution in [0.2, 0.25) is 0 Å². The summed E-state index contributed by atoms with van der Waals surface area (Å²) < 4.78 is 31.5. The number of benzene rings is 2. The molecule has 1 amide bonds. The van der Waals surface area contributed by atoms with Gasteiger partial charge in [0.1, 0.15) is 0 Å². The van der Waals surface area contributed by atoms with Crippen molar-refractivity contribution in [1.82, 2.24) is 9.62 Å². The number of nitrogens with one attached hydrogen (secondary N) is 1. The van der Waals surface area contributed by atoms with Crippen LogP contribution < -0.4 is 4.72 Å². The molecule has 2 rings (SSSR count). The summed E-state index contributed by atoms with van der Waals surface area (Å²) in [7, 11) is -2.05. The lowest BCUT2D eigenvalue weighted by molar-refractivity contribution is -0.133. The lowest BCUT2D eigenvalue weighted by atomic mass is 10.1. The first-order valence-electron chi connectivity index (χ1n) is 9.35. The molecule has 0 unspecified atom stereocenters. The first-order valence-corrected chi connectivity index (χ1v) is 10.8. The molecule has 7 nitrogen and oxygen atoms in total. The molecule has 0 heterocycles. The summed E-state index contributed by atoms with van der Waals surface area (Å²) >= 11 is 0. The molecular formula is C21H26N2O5S. The average Bonchev–Trinajstić information content (AvgIpc) is 2.72. The summed E-state index contributed by atoms with van der Waals surface area (Å²) in [5.41, 5.74) is 2.26. The fraction of sp³-hybridized carbons (Fsp3) is 0.333. The third kappa shape index (κ3) is 6.40. The van der Waals surface area contributed by atoms with Crippen molar-refractivity contribution in [3.63, 3.8) is 0 Å². The minimum absolute atomic E-state index is 0.0345. The number of sulfonamides is 1. The number of hydrogen-bond donors (Lipinski definition) is 1. The number of aryl methyl sites for hydroxylation is 1. The summed E-state index contributed by atoms with van der Waals surface area (Å²) in [6, 6.07) is 13.5. The van der Waals surface area contributed by atoms with Gasteiger partial charge in [-0.05, 0) is 35.7 Å². The number of amides is 1. The van der Waals surface area contributed by atoms with Crippen molar-refractivity contribution >= 4 is 21.9 Å². The maximum absolute atomic E-state index is 12.3. The maximum Gasteiger partial charge on any atom is 0.338 e. The Labute approximate surface area is 171 Å². The van der Waals surface area contributed by atoms with E-state index in [0.29, 0.717) is 6.54 Å². The van der Waals surface area contributed by atoms with Crippen LogP contribution in [-0.4, -0.2) is 45.4 Å². The highest BCUT2D eigenvalue weighted by atomic mass is 32.2. The Morgan fingerprint density at radius 3 is 2.31 bits per heavy atom. The smallest absolute Gasteiger partial charge is 0.338 e. The zero-order valence-corrected chi connectivity index (χ0v) is 17.7. The number of nitrogens with zero attached hydrogens (tertiary/aromatic N) is 1. The number of ether oxygens (including phenoxy) is 1. The number of carbonyl (C=O) groups is 2. The van der Waals surface area contributed by atoms with E-state index in [4.69, 9.17) is 4.74 Å². The van der Waals surface area contributed by atoms with Crippen molar-refractivity contribution in [2.24, 2.45) is 0 Å². The molecule has 2 aromatic carbocycles. The minimum Gasteiger partial charge on any atom is -0.452 e. The van der Waals surface area contributed by atoms with Crippen molar-refractivity contribution in [3.8, 4) is 0 Å². The van der Waals surface area contributed by atoms with Crippen molar-refractivity contribution in [3.05, 3.63) is 65.2 Å². The minimum atomic E-state index is -3.68. The Hall–Kier alpha value is -2.71. The van der Waals surface area contributed by atoms with E-state index in [1.165, 1.54) is 34.7 Å². The van der Waals surface area contributed by atoms with Gasteiger partial charge in [-0.2, -0.15) is 0 Å². The number of hydrogen-bond acceptors (Lipinski definition) is 5. The van der Waals surface area contributed by atoms with Crippen LogP contribution in [0, 0.1) is 0 Å². The number of rotatable bonds is 9. The number of esters is 1. The standard InChI is InChI=1S/C21H26N2O5S/c1-4-16-9-11-17(12-10-16)14-23(3)20(24)15-28-21(25)18-7-6-8-19(13-18)29(26,27)22-5-2/h6-13,22H,4-5,14-15H2,1-3H3.